The fourth-order valence-electron chi connectivity index (χ4n) is 4.20. The number of rotatable bonds is 2. The zero-order valence-electron chi connectivity index (χ0n) is 14.1. The van der Waals surface area contributed by atoms with E-state index in [4.69, 9.17) is 0 Å². The molecule has 4 rings (SSSR count). The van der Waals surface area contributed by atoms with E-state index in [0.29, 0.717) is 11.4 Å². The van der Waals surface area contributed by atoms with Gasteiger partial charge in [-0.1, -0.05) is 37.8 Å². The molecule has 1 amide bonds. The summed E-state index contributed by atoms with van der Waals surface area (Å²) in [7, 11) is 0. The fraction of sp³-hybridized carbons (Fsp3) is 0.474. The number of carbonyl (C=O) groups excluding carboxylic acids is 1. The molecule has 6 heteroatoms. The average Bonchev–Trinajstić information content (AvgIpc) is 2.78. The standard InChI is InChI=1S/C19H23N3O3/c23-14-9-5-6-12(10-14)15-11-16(24)20-18-17(15)19(25)21-22(18)13-7-3-1-2-4-8-13/h5-6,9-10,13,15,23H,1-4,7-8,11H2,(H,20,24)(H,21,25)/t15-/m0/s1. The van der Waals surface area contributed by atoms with Crippen molar-refractivity contribution < 1.29 is 9.90 Å². The van der Waals surface area contributed by atoms with Gasteiger partial charge >= 0.3 is 0 Å². The molecule has 132 valence electrons. The molecule has 0 radical (unpaired) electrons. The highest BCUT2D eigenvalue weighted by Crippen LogP contribution is 2.38. The minimum Gasteiger partial charge on any atom is -0.508 e. The molecule has 1 saturated carbocycles. The highest BCUT2D eigenvalue weighted by atomic mass is 16.3. The summed E-state index contributed by atoms with van der Waals surface area (Å²) in [6.07, 6.45) is 6.99. The Bertz CT molecular complexity index is 844. The molecule has 6 nitrogen and oxygen atoms in total. The number of anilines is 1. The van der Waals surface area contributed by atoms with Crippen molar-refractivity contribution in [2.45, 2.75) is 56.9 Å². The van der Waals surface area contributed by atoms with Crippen LogP contribution in [0, 0.1) is 0 Å². The molecule has 1 atom stereocenters. The van der Waals surface area contributed by atoms with E-state index >= 15 is 0 Å². The van der Waals surface area contributed by atoms with Crippen molar-refractivity contribution in [2.75, 3.05) is 5.32 Å². The van der Waals surface area contributed by atoms with Gasteiger partial charge in [-0.25, -0.2) is 0 Å². The minimum atomic E-state index is -0.327. The van der Waals surface area contributed by atoms with Gasteiger partial charge in [-0.15, -0.1) is 0 Å². The first-order valence-corrected chi connectivity index (χ1v) is 9.06. The number of H-pyrrole nitrogens is 1. The van der Waals surface area contributed by atoms with Crippen LogP contribution in [0.2, 0.25) is 0 Å². The van der Waals surface area contributed by atoms with Crippen LogP contribution in [0.3, 0.4) is 0 Å². The van der Waals surface area contributed by atoms with Crippen molar-refractivity contribution >= 4 is 11.7 Å². The van der Waals surface area contributed by atoms with Gasteiger partial charge in [0.2, 0.25) is 5.91 Å². The van der Waals surface area contributed by atoms with Crippen LogP contribution in [0.25, 0.3) is 0 Å². The molecule has 2 aliphatic rings. The summed E-state index contributed by atoms with van der Waals surface area (Å²) in [6.45, 7) is 0. The smallest absolute Gasteiger partial charge is 0.270 e. The van der Waals surface area contributed by atoms with Gasteiger partial charge in [0.05, 0.1) is 11.6 Å². The van der Waals surface area contributed by atoms with E-state index in [1.54, 1.807) is 18.2 Å². The molecular formula is C19H23N3O3. The SMILES string of the molecule is O=C1C[C@@H](c2cccc(O)c2)c2c(n(C3CCCCCC3)[nH]c2=O)N1. The first-order chi connectivity index (χ1) is 12.1. The molecule has 0 spiro atoms. The predicted octanol–water partition coefficient (Wildman–Crippen LogP) is 3.25. The number of aromatic amines is 1. The summed E-state index contributed by atoms with van der Waals surface area (Å²) in [5, 5.41) is 15.7. The number of phenols is 1. The number of amides is 1. The largest absolute Gasteiger partial charge is 0.508 e. The van der Waals surface area contributed by atoms with E-state index in [0.717, 1.165) is 31.2 Å². The Morgan fingerprint density at radius 1 is 1.08 bits per heavy atom. The van der Waals surface area contributed by atoms with Crippen molar-refractivity contribution in [3.63, 3.8) is 0 Å². The first kappa shape index (κ1) is 16.0. The summed E-state index contributed by atoms with van der Waals surface area (Å²) in [6, 6.07) is 7.05. The number of aromatic hydroxyl groups is 1. The molecule has 1 fully saturated rings. The lowest BCUT2D eigenvalue weighted by molar-refractivity contribution is -0.116. The van der Waals surface area contributed by atoms with Gasteiger partial charge in [0.25, 0.3) is 5.56 Å². The third-order valence-corrected chi connectivity index (χ3v) is 5.42. The Morgan fingerprint density at radius 2 is 1.84 bits per heavy atom. The van der Waals surface area contributed by atoms with Gasteiger partial charge in [0, 0.05) is 12.3 Å². The highest BCUT2D eigenvalue weighted by molar-refractivity contribution is 5.94. The second-order valence-corrected chi connectivity index (χ2v) is 7.12. The molecule has 0 bridgehead atoms. The molecule has 1 aliphatic carbocycles. The van der Waals surface area contributed by atoms with Crippen molar-refractivity contribution in [2.24, 2.45) is 0 Å². The van der Waals surface area contributed by atoms with Gasteiger partial charge in [0.15, 0.2) is 0 Å². The Balaban J connectivity index is 1.79. The summed E-state index contributed by atoms with van der Waals surface area (Å²) < 4.78 is 1.88. The summed E-state index contributed by atoms with van der Waals surface area (Å²) in [4.78, 5) is 25.0. The van der Waals surface area contributed by atoms with E-state index in [2.05, 4.69) is 10.4 Å². The zero-order chi connectivity index (χ0) is 17.4. The molecule has 1 aromatic carbocycles. The second-order valence-electron chi connectivity index (χ2n) is 7.12. The molecule has 1 aliphatic heterocycles. The number of hydrogen-bond acceptors (Lipinski definition) is 3. The number of nitrogens with zero attached hydrogens (tertiary/aromatic N) is 1. The predicted molar refractivity (Wildman–Crippen MR) is 95.0 cm³/mol. The number of fused-ring (bicyclic) bond motifs is 1. The number of phenolic OH excluding ortho intramolecular Hbond substituents is 1. The number of benzene rings is 1. The van der Waals surface area contributed by atoms with Crippen LogP contribution in [0.4, 0.5) is 5.82 Å². The van der Waals surface area contributed by atoms with Gasteiger partial charge < -0.3 is 10.4 Å². The van der Waals surface area contributed by atoms with E-state index in [1.807, 2.05) is 10.7 Å². The molecule has 2 aromatic rings. The third kappa shape index (κ3) is 2.97. The Morgan fingerprint density at radius 3 is 2.56 bits per heavy atom. The normalized spacial score (nSPS) is 21.4. The Kier molecular flexibility index (Phi) is 4.11. The van der Waals surface area contributed by atoms with Crippen LogP contribution >= 0.6 is 0 Å². The molecule has 25 heavy (non-hydrogen) atoms. The number of carbonyl (C=O) groups is 1. The molecule has 1 aromatic heterocycles. The van der Waals surface area contributed by atoms with Gasteiger partial charge in [-0.3, -0.25) is 19.4 Å². The second kappa shape index (κ2) is 6.43. The average molecular weight is 341 g/mol. The Labute approximate surface area is 145 Å². The monoisotopic (exact) mass is 341 g/mol. The Hall–Kier alpha value is -2.50. The lowest BCUT2D eigenvalue weighted by Gasteiger charge is -2.26. The van der Waals surface area contributed by atoms with Crippen molar-refractivity contribution in [3.8, 4) is 5.75 Å². The van der Waals surface area contributed by atoms with E-state index in [9.17, 15) is 14.7 Å². The topological polar surface area (TPSA) is 87.1 Å². The van der Waals surface area contributed by atoms with Crippen LogP contribution < -0.4 is 10.9 Å². The maximum absolute atomic E-state index is 12.7. The summed E-state index contributed by atoms with van der Waals surface area (Å²) in [5.41, 5.74) is 1.25. The first-order valence-electron chi connectivity index (χ1n) is 9.06. The molecule has 0 saturated heterocycles. The zero-order valence-corrected chi connectivity index (χ0v) is 14.1. The third-order valence-electron chi connectivity index (χ3n) is 5.42. The lowest BCUT2D eigenvalue weighted by Crippen LogP contribution is -2.27. The highest BCUT2D eigenvalue weighted by Gasteiger charge is 2.34. The summed E-state index contributed by atoms with van der Waals surface area (Å²) in [5.74, 6) is 0.333. The summed E-state index contributed by atoms with van der Waals surface area (Å²) >= 11 is 0. The van der Waals surface area contributed by atoms with Gasteiger partial charge in [0.1, 0.15) is 11.6 Å². The maximum Gasteiger partial charge on any atom is 0.270 e. The molecule has 3 N–H and O–H groups in total. The van der Waals surface area contributed by atoms with Crippen LogP contribution in [-0.2, 0) is 4.79 Å². The number of aromatic nitrogens is 2. The number of nitrogens with one attached hydrogen (secondary N) is 2. The van der Waals surface area contributed by atoms with E-state index < -0.39 is 0 Å². The number of hydrogen-bond donors (Lipinski definition) is 3. The maximum atomic E-state index is 12.7. The molecule has 0 unspecified atom stereocenters. The van der Waals surface area contributed by atoms with Crippen LogP contribution in [0.15, 0.2) is 29.1 Å². The molecular weight excluding hydrogens is 318 g/mol. The minimum absolute atomic E-state index is 0.0952. The van der Waals surface area contributed by atoms with E-state index in [-0.39, 0.29) is 35.6 Å². The van der Waals surface area contributed by atoms with Gasteiger partial charge in [-0.2, -0.15) is 0 Å². The van der Waals surface area contributed by atoms with Crippen LogP contribution in [-0.4, -0.2) is 20.8 Å². The van der Waals surface area contributed by atoms with Crippen molar-refractivity contribution in [3.05, 3.63) is 45.7 Å². The lowest BCUT2D eigenvalue weighted by atomic mass is 9.87. The fourth-order valence-corrected chi connectivity index (χ4v) is 4.20. The van der Waals surface area contributed by atoms with Crippen molar-refractivity contribution in [1.29, 1.82) is 0 Å². The van der Waals surface area contributed by atoms with Crippen LogP contribution in [0.5, 0.6) is 5.75 Å². The van der Waals surface area contributed by atoms with Crippen LogP contribution in [0.1, 0.15) is 68.0 Å². The quantitative estimate of drug-likeness (QED) is 0.733. The van der Waals surface area contributed by atoms with Crippen molar-refractivity contribution in [1.82, 2.24) is 9.78 Å². The van der Waals surface area contributed by atoms with Gasteiger partial charge in [-0.05, 0) is 30.5 Å². The van der Waals surface area contributed by atoms with E-state index in [1.165, 1.54) is 12.8 Å². The molecule has 2 heterocycles.